The van der Waals surface area contributed by atoms with Crippen LogP contribution in [0, 0.1) is 39.4 Å². The lowest BCUT2D eigenvalue weighted by atomic mass is 9.92. The molecule has 332 valence electrons. The Bertz CT molecular complexity index is 1110. The molecule has 1 rings (SSSR count). The van der Waals surface area contributed by atoms with Gasteiger partial charge in [-0.15, -0.1) is 0 Å². The van der Waals surface area contributed by atoms with E-state index in [2.05, 4.69) is 144 Å². The van der Waals surface area contributed by atoms with Crippen LogP contribution >= 0.6 is 60.6 Å². The molecule has 3 unspecified atom stereocenters. The number of carbonyl (C=O) groups is 1. The van der Waals surface area contributed by atoms with Crippen LogP contribution < -0.4 is 26.6 Å². The third kappa shape index (κ3) is 32.2. The first-order valence-corrected chi connectivity index (χ1v) is 24.0. The Hall–Kier alpha value is -0.660. The van der Waals surface area contributed by atoms with E-state index in [1.54, 1.807) is 0 Å². The average Bonchev–Trinajstić information content (AvgIpc) is 3.06. The van der Waals surface area contributed by atoms with E-state index in [4.69, 9.17) is 53.6 Å². The number of carbonyl (C=O) groups excluding carboxylic acids is 1. The lowest BCUT2D eigenvalue weighted by Crippen LogP contribution is -2.47. The van der Waals surface area contributed by atoms with Crippen molar-refractivity contribution in [3.8, 4) is 0 Å². The first kappa shape index (κ1) is 59.7. The van der Waals surface area contributed by atoms with Gasteiger partial charge < -0.3 is 31.3 Å². The van der Waals surface area contributed by atoms with Crippen LogP contribution in [0.5, 0.6) is 0 Å². The van der Waals surface area contributed by atoms with Crippen LogP contribution in [0.25, 0.3) is 0 Å². The third-order valence-electron chi connectivity index (χ3n) is 8.57. The van der Waals surface area contributed by atoms with E-state index in [0.29, 0.717) is 49.3 Å². The third-order valence-corrected chi connectivity index (χ3v) is 12.2. The Morgan fingerprint density at radius 3 is 1.50 bits per heavy atom. The highest BCUT2D eigenvalue weighted by Crippen LogP contribution is 2.23. The minimum Gasteiger partial charge on any atom is -0.381 e. The molecule has 1 saturated heterocycles. The number of amides is 1. The van der Waals surface area contributed by atoms with Crippen LogP contribution in [0.1, 0.15) is 157 Å². The summed E-state index contributed by atoms with van der Waals surface area (Å²) in [5.74, 6) is 2.87. The highest BCUT2D eigenvalue weighted by molar-refractivity contribution is 7.98. The van der Waals surface area contributed by atoms with Crippen molar-refractivity contribution in [2.75, 3.05) is 44.9 Å². The van der Waals surface area contributed by atoms with E-state index in [9.17, 15) is 4.79 Å². The summed E-state index contributed by atoms with van der Waals surface area (Å²) in [6, 6.07) is 0.976. The zero-order chi connectivity index (χ0) is 44.5. The fourth-order valence-corrected chi connectivity index (χ4v) is 5.88. The molecule has 12 heteroatoms. The minimum atomic E-state index is -0.00270. The van der Waals surface area contributed by atoms with Crippen LogP contribution in [-0.2, 0) is 9.53 Å². The molecule has 3 atom stereocenters. The Kier molecular flexibility index (Phi) is 32.4. The first-order valence-electron chi connectivity index (χ1n) is 21.0. The van der Waals surface area contributed by atoms with E-state index < -0.39 is 0 Å². The topological polar surface area (TPSA) is 86.5 Å². The summed E-state index contributed by atoms with van der Waals surface area (Å²) in [4.78, 5) is 15.1. The van der Waals surface area contributed by atoms with Crippen molar-refractivity contribution < 1.29 is 9.53 Å². The van der Waals surface area contributed by atoms with Gasteiger partial charge in [-0.1, -0.05) is 173 Å². The highest BCUT2D eigenvalue weighted by atomic mass is 32.2. The fraction of sp³-hybridized carbons (Fsp3) is 0.886. The molecular formula is C44H89N5O2S5. The summed E-state index contributed by atoms with van der Waals surface area (Å²) in [5, 5.41) is 16.2. The van der Waals surface area contributed by atoms with Gasteiger partial charge in [0.15, 0.2) is 0 Å². The van der Waals surface area contributed by atoms with E-state index >= 15 is 0 Å². The molecule has 0 aromatic rings. The second kappa shape index (κ2) is 30.4. The maximum Gasteiger partial charge on any atom is 0.220 e. The van der Waals surface area contributed by atoms with Gasteiger partial charge in [-0.2, -0.15) is 11.8 Å². The smallest absolute Gasteiger partial charge is 0.220 e. The summed E-state index contributed by atoms with van der Waals surface area (Å²) in [6.45, 7) is 42.5. The lowest BCUT2D eigenvalue weighted by molar-refractivity contribution is -0.121. The summed E-state index contributed by atoms with van der Waals surface area (Å²) >= 11 is 23.1. The van der Waals surface area contributed by atoms with Crippen LogP contribution in [-0.4, -0.2) is 82.8 Å². The van der Waals surface area contributed by atoms with Crippen LogP contribution in [0.15, 0.2) is 0 Å². The Balaban J connectivity index is -0.000000681. The van der Waals surface area contributed by atoms with Gasteiger partial charge in [0.1, 0.15) is 0 Å². The molecule has 0 aromatic heterocycles. The van der Waals surface area contributed by atoms with Gasteiger partial charge in [0.05, 0.1) is 26.6 Å². The average molecular weight is 881 g/mol. The van der Waals surface area contributed by atoms with Crippen LogP contribution in [0.3, 0.4) is 0 Å². The van der Waals surface area contributed by atoms with E-state index in [1.807, 2.05) is 25.6 Å². The van der Waals surface area contributed by atoms with Gasteiger partial charge in [0.2, 0.25) is 5.91 Å². The molecule has 0 aliphatic carbocycles. The zero-order valence-electron chi connectivity index (χ0n) is 39.5. The van der Waals surface area contributed by atoms with E-state index in [-0.39, 0.29) is 27.6 Å². The monoisotopic (exact) mass is 880 g/mol. The maximum atomic E-state index is 11.3. The molecule has 0 saturated carbocycles. The van der Waals surface area contributed by atoms with Gasteiger partial charge in [-0.25, -0.2) is 0 Å². The molecule has 1 aliphatic heterocycles. The molecule has 1 fully saturated rings. The van der Waals surface area contributed by atoms with Gasteiger partial charge in [-0.05, 0) is 43.8 Å². The highest BCUT2D eigenvalue weighted by Gasteiger charge is 2.27. The molecule has 0 bridgehead atoms. The number of thiocarbonyl (C=S) groups is 4. The predicted octanol–water partition coefficient (Wildman–Crippen LogP) is 11.0. The molecule has 0 radical (unpaired) electrons. The number of hydrogen-bond acceptors (Lipinski definition) is 7. The number of nitrogens with one attached hydrogen (secondary N) is 5. The van der Waals surface area contributed by atoms with Crippen LogP contribution in [0.2, 0.25) is 0 Å². The largest absolute Gasteiger partial charge is 0.381 e. The quantitative estimate of drug-likeness (QED) is 0.0854. The number of thioether (sulfide) groups is 1. The Labute approximate surface area is 373 Å². The molecule has 5 N–H and O–H groups in total. The summed E-state index contributed by atoms with van der Waals surface area (Å²) in [7, 11) is 0. The van der Waals surface area contributed by atoms with Gasteiger partial charge in [-0.3, -0.25) is 4.79 Å². The number of rotatable bonds is 14. The van der Waals surface area contributed by atoms with Gasteiger partial charge >= 0.3 is 0 Å². The van der Waals surface area contributed by atoms with Crippen molar-refractivity contribution in [2.45, 2.75) is 169 Å². The molecule has 0 spiro atoms. The maximum absolute atomic E-state index is 11.3. The normalized spacial score (nSPS) is 15.6. The Morgan fingerprint density at radius 1 is 0.696 bits per heavy atom. The van der Waals surface area contributed by atoms with Crippen molar-refractivity contribution in [1.29, 1.82) is 0 Å². The lowest BCUT2D eigenvalue weighted by Gasteiger charge is -2.34. The zero-order valence-corrected chi connectivity index (χ0v) is 43.6. The molecule has 0 aromatic carbocycles. The molecule has 1 aliphatic rings. The second-order valence-corrected chi connectivity index (χ2v) is 22.2. The molecular weight excluding hydrogens is 791 g/mol. The van der Waals surface area contributed by atoms with Crippen molar-refractivity contribution >= 4 is 86.5 Å². The first-order chi connectivity index (χ1) is 25.4. The van der Waals surface area contributed by atoms with Crippen molar-refractivity contribution in [3.05, 3.63) is 0 Å². The van der Waals surface area contributed by atoms with Crippen molar-refractivity contribution in [3.63, 3.8) is 0 Å². The molecule has 7 nitrogen and oxygen atoms in total. The molecule has 1 heterocycles. The number of ether oxygens (including phenoxy) is 1. The van der Waals surface area contributed by atoms with Crippen molar-refractivity contribution in [1.82, 2.24) is 26.6 Å². The standard InChI is InChI=1S/C13H25NOS2.C12H24N2OS.C11H23NS.C8H17NS/c1-13(2,3)12(16)14-11(9-17-4)10-6-5-7-15-8-10;1-9(2)8-10(15)13-6-7-14-11(16)12(3,4)5;1-7-9(8(2)3)12-10(13)11(4,5)6;1-5-6-9-7(10)8(2,3)4/h10-11H,5-9H2,1-4H3,(H,14,16);9H,6-8H2,1-5H3,(H,13,15)(H,14,16);8-9H,7H2,1-6H3,(H,12,13);5-6H2,1-4H3,(H,9,10). The second-order valence-electron chi connectivity index (χ2n) is 19.7. The molecule has 1 amide bonds. The minimum absolute atomic E-state index is 0.00270. The van der Waals surface area contributed by atoms with Gasteiger partial charge in [0.25, 0.3) is 0 Å². The van der Waals surface area contributed by atoms with E-state index in [0.717, 1.165) is 58.3 Å². The fourth-order valence-electron chi connectivity index (χ4n) is 4.66. The Morgan fingerprint density at radius 2 is 1.14 bits per heavy atom. The molecule has 56 heavy (non-hydrogen) atoms. The summed E-state index contributed by atoms with van der Waals surface area (Å²) in [5.41, 5.74) is 0.279. The number of hydrogen-bond donors (Lipinski definition) is 5. The summed E-state index contributed by atoms with van der Waals surface area (Å²) in [6.07, 6.45) is 7.44. The van der Waals surface area contributed by atoms with Crippen LogP contribution in [0.4, 0.5) is 0 Å². The predicted molar refractivity (Wildman–Crippen MR) is 268 cm³/mol. The SMILES string of the molecule is CC(C)CC(=O)NCCNC(=S)C(C)(C)C.CCC(NC(=S)C(C)(C)C)C(C)C.CCCNC(=S)C(C)(C)C.CSCC(NC(=S)C(C)(C)C)C1CCCOC1. The summed E-state index contributed by atoms with van der Waals surface area (Å²) < 4.78 is 5.58. The van der Waals surface area contributed by atoms with Crippen molar-refractivity contribution in [2.24, 2.45) is 39.4 Å². The van der Waals surface area contributed by atoms with E-state index in [1.165, 1.54) is 12.8 Å². The van der Waals surface area contributed by atoms with Gasteiger partial charge in [0, 0.05) is 78.1 Å².